The molecule has 1 aromatic carbocycles. The number of nitrogens with zero attached hydrogens (tertiary/aromatic N) is 2. The largest absolute Gasteiger partial charge is 0.399 e. The predicted octanol–water partition coefficient (Wildman–Crippen LogP) is 1.60. The monoisotopic (exact) mass is 257 g/mol. The quantitative estimate of drug-likeness (QED) is 0.622. The molecule has 1 aliphatic rings. The Kier molecular flexibility index (Phi) is 2.31. The molecule has 0 radical (unpaired) electrons. The van der Waals surface area contributed by atoms with Gasteiger partial charge >= 0.3 is 0 Å². The normalized spacial score (nSPS) is 13.8. The van der Waals surface area contributed by atoms with Gasteiger partial charge in [0.2, 0.25) is 0 Å². The topological polar surface area (TPSA) is 76.3 Å². The number of rotatable bonds is 1. The number of carbonyl (C=O) groups is 2. The Morgan fingerprint density at radius 3 is 2.68 bits per heavy atom. The molecular weight excluding hydrogens is 249 g/mol. The van der Waals surface area contributed by atoms with Gasteiger partial charge in [-0.1, -0.05) is 0 Å². The molecule has 19 heavy (non-hydrogen) atoms. The van der Waals surface area contributed by atoms with E-state index in [-0.39, 0.29) is 22.6 Å². The van der Waals surface area contributed by atoms with Gasteiger partial charge in [0, 0.05) is 11.9 Å². The maximum atomic E-state index is 13.8. The maximum Gasteiger partial charge on any atom is 0.284 e. The van der Waals surface area contributed by atoms with E-state index in [1.807, 2.05) is 0 Å². The SMILES string of the molecule is Nc1ccc(F)c(N2C(=O)c3cccnc3C2=O)c1. The van der Waals surface area contributed by atoms with E-state index in [1.165, 1.54) is 24.4 Å². The van der Waals surface area contributed by atoms with Crippen LogP contribution in [0.25, 0.3) is 0 Å². The summed E-state index contributed by atoms with van der Waals surface area (Å²) in [6, 6.07) is 6.74. The van der Waals surface area contributed by atoms with E-state index in [1.54, 1.807) is 6.07 Å². The molecule has 0 bridgehead atoms. The molecule has 1 aromatic heterocycles. The van der Waals surface area contributed by atoms with Crippen LogP contribution in [0, 0.1) is 5.82 Å². The van der Waals surface area contributed by atoms with E-state index in [0.717, 1.165) is 11.0 Å². The van der Waals surface area contributed by atoms with Crippen molar-refractivity contribution in [2.75, 3.05) is 10.6 Å². The number of hydrogen-bond donors (Lipinski definition) is 1. The van der Waals surface area contributed by atoms with Gasteiger partial charge in [-0.15, -0.1) is 0 Å². The number of imide groups is 1. The van der Waals surface area contributed by atoms with E-state index in [4.69, 9.17) is 5.73 Å². The van der Waals surface area contributed by atoms with Crippen LogP contribution in [0.15, 0.2) is 36.5 Å². The fraction of sp³-hybridized carbons (Fsp3) is 0. The van der Waals surface area contributed by atoms with Crippen LogP contribution in [-0.2, 0) is 0 Å². The zero-order chi connectivity index (χ0) is 13.6. The third-order valence-electron chi connectivity index (χ3n) is 2.86. The lowest BCUT2D eigenvalue weighted by atomic mass is 10.2. The van der Waals surface area contributed by atoms with Gasteiger partial charge in [-0.2, -0.15) is 0 Å². The smallest absolute Gasteiger partial charge is 0.284 e. The minimum atomic E-state index is -0.691. The molecule has 0 saturated carbocycles. The summed E-state index contributed by atoms with van der Waals surface area (Å²) in [4.78, 5) is 28.8. The van der Waals surface area contributed by atoms with Crippen molar-refractivity contribution in [1.29, 1.82) is 0 Å². The molecule has 94 valence electrons. The zero-order valence-corrected chi connectivity index (χ0v) is 9.63. The average Bonchev–Trinajstić information content (AvgIpc) is 2.66. The Bertz CT molecular complexity index is 680. The van der Waals surface area contributed by atoms with Crippen LogP contribution in [0.3, 0.4) is 0 Å². The summed E-state index contributed by atoms with van der Waals surface area (Å²) in [7, 11) is 0. The number of halogens is 1. The first kappa shape index (κ1) is 11.3. The molecule has 0 unspecified atom stereocenters. The van der Waals surface area contributed by atoms with Gasteiger partial charge in [-0.05, 0) is 30.3 Å². The van der Waals surface area contributed by atoms with Crippen LogP contribution >= 0.6 is 0 Å². The number of nitrogens with two attached hydrogens (primary N) is 1. The Balaban J connectivity index is 2.17. The van der Waals surface area contributed by atoms with Gasteiger partial charge in [0.05, 0.1) is 11.3 Å². The highest BCUT2D eigenvalue weighted by Gasteiger charge is 2.38. The second-order valence-electron chi connectivity index (χ2n) is 4.06. The van der Waals surface area contributed by atoms with Gasteiger partial charge in [0.1, 0.15) is 11.5 Å². The average molecular weight is 257 g/mol. The van der Waals surface area contributed by atoms with Crippen molar-refractivity contribution in [2.24, 2.45) is 0 Å². The molecule has 6 heteroatoms. The predicted molar refractivity (Wildman–Crippen MR) is 66.2 cm³/mol. The summed E-state index contributed by atoms with van der Waals surface area (Å²) in [5.41, 5.74) is 5.85. The molecular formula is C13H8FN3O2. The molecule has 3 rings (SSSR count). The van der Waals surface area contributed by atoms with Crippen LogP contribution in [-0.4, -0.2) is 16.8 Å². The minimum absolute atomic E-state index is 0.0225. The van der Waals surface area contributed by atoms with Gasteiger partial charge in [-0.3, -0.25) is 14.6 Å². The second kappa shape index (κ2) is 3.88. The molecule has 0 spiro atoms. The first-order valence-corrected chi connectivity index (χ1v) is 5.48. The van der Waals surface area contributed by atoms with Crippen LogP contribution in [0.2, 0.25) is 0 Å². The summed E-state index contributed by atoms with van der Waals surface area (Å²) in [5, 5.41) is 0. The van der Waals surface area contributed by atoms with Gasteiger partial charge in [0.15, 0.2) is 0 Å². The summed E-state index contributed by atoms with van der Waals surface area (Å²) in [5.74, 6) is -1.94. The Hall–Kier alpha value is -2.76. The van der Waals surface area contributed by atoms with Crippen molar-refractivity contribution in [1.82, 2.24) is 4.98 Å². The van der Waals surface area contributed by atoms with E-state index in [9.17, 15) is 14.0 Å². The van der Waals surface area contributed by atoms with Crippen molar-refractivity contribution in [3.8, 4) is 0 Å². The second-order valence-corrected chi connectivity index (χ2v) is 4.06. The number of hydrogen-bond acceptors (Lipinski definition) is 4. The number of aromatic nitrogens is 1. The van der Waals surface area contributed by atoms with E-state index in [0.29, 0.717) is 0 Å². The summed E-state index contributed by atoms with van der Waals surface area (Å²) in [6.07, 6.45) is 1.41. The Labute approximate surface area is 107 Å². The molecule has 0 atom stereocenters. The number of benzene rings is 1. The fourth-order valence-corrected chi connectivity index (χ4v) is 1.99. The highest BCUT2D eigenvalue weighted by molar-refractivity contribution is 6.33. The van der Waals surface area contributed by atoms with Crippen molar-refractivity contribution >= 4 is 23.2 Å². The standard InChI is InChI=1S/C13H8FN3O2/c14-9-4-3-7(15)6-10(9)17-12(18)8-2-1-5-16-11(8)13(17)19/h1-6H,15H2. The first-order chi connectivity index (χ1) is 9.09. The Morgan fingerprint density at radius 2 is 1.95 bits per heavy atom. The lowest BCUT2D eigenvalue weighted by molar-refractivity contribution is 0.0923. The van der Waals surface area contributed by atoms with Gasteiger partial charge < -0.3 is 5.73 Å². The van der Waals surface area contributed by atoms with Crippen LogP contribution < -0.4 is 10.6 Å². The maximum absolute atomic E-state index is 13.8. The highest BCUT2D eigenvalue weighted by atomic mass is 19.1. The lowest BCUT2D eigenvalue weighted by Crippen LogP contribution is -2.30. The molecule has 2 aromatic rings. The molecule has 5 nitrogen and oxygen atoms in total. The Morgan fingerprint density at radius 1 is 1.16 bits per heavy atom. The number of amides is 2. The molecule has 2 heterocycles. The highest BCUT2D eigenvalue weighted by Crippen LogP contribution is 2.30. The fourth-order valence-electron chi connectivity index (χ4n) is 1.99. The van der Waals surface area contributed by atoms with E-state index < -0.39 is 17.6 Å². The van der Waals surface area contributed by atoms with Gasteiger partial charge in [-0.25, -0.2) is 9.29 Å². The molecule has 0 saturated heterocycles. The molecule has 0 aliphatic carbocycles. The zero-order valence-electron chi connectivity index (χ0n) is 9.63. The van der Waals surface area contributed by atoms with Gasteiger partial charge in [0.25, 0.3) is 11.8 Å². The minimum Gasteiger partial charge on any atom is -0.399 e. The number of carbonyl (C=O) groups excluding carboxylic acids is 2. The molecule has 1 aliphatic heterocycles. The van der Waals surface area contributed by atoms with Crippen LogP contribution in [0.4, 0.5) is 15.8 Å². The van der Waals surface area contributed by atoms with Crippen LogP contribution in [0.5, 0.6) is 0 Å². The summed E-state index contributed by atoms with van der Waals surface area (Å²) in [6.45, 7) is 0. The third kappa shape index (κ3) is 1.57. The molecule has 0 fully saturated rings. The van der Waals surface area contributed by atoms with E-state index in [2.05, 4.69) is 4.98 Å². The van der Waals surface area contributed by atoms with Crippen molar-refractivity contribution < 1.29 is 14.0 Å². The molecule has 2 amide bonds. The molecule has 2 N–H and O–H groups in total. The van der Waals surface area contributed by atoms with Crippen molar-refractivity contribution in [3.05, 3.63) is 53.6 Å². The number of fused-ring (bicyclic) bond motifs is 1. The number of pyridine rings is 1. The van der Waals surface area contributed by atoms with E-state index >= 15 is 0 Å². The first-order valence-electron chi connectivity index (χ1n) is 5.48. The van der Waals surface area contributed by atoms with Crippen molar-refractivity contribution in [2.45, 2.75) is 0 Å². The lowest BCUT2D eigenvalue weighted by Gasteiger charge is -2.14. The third-order valence-corrected chi connectivity index (χ3v) is 2.86. The van der Waals surface area contributed by atoms with Crippen molar-refractivity contribution in [3.63, 3.8) is 0 Å². The number of anilines is 2. The summed E-state index contributed by atoms with van der Waals surface area (Å²) >= 11 is 0. The van der Waals surface area contributed by atoms with Crippen LogP contribution in [0.1, 0.15) is 20.8 Å². The number of nitrogen functional groups attached to an aromatic ring is 1. The summed E-state index contributed by atoms with van der Waals surface area (Å²) < 4.78 is 13.8.